The fourth-order valence-corrected chi connectivity index (χ4v) is 3.01. The minimum Gasteiger partial charge on any atom is -0.493 e. The van der Waals surface area contributed by atoms with Gasteiger partial charge in [-0.3, -0.25) is 0 Å². The average Bonchev–Trinajstić information content (AvgIpc) is 3.36. The molecule has 2 atom stereocenters. The third-order valence-corrected chi connectivity index (χ3v) is 4.39. The van der Waals surface area contributed by atoms with E-state index in [0.29, 0.717) is 29.8 Å². The number of rotatable bonds is 9. The summed E-state index contributed by atoms with van der Waals surface area (Å²) in [5.74, 6) is 3.54. The molecule has 1 saturated carbocycles. The molecule has 1 aliphatic rings. The molecule has 0 saturated heterocycles. The molecule has 0 aliphatic heterocycles. The summed E-state index contributed by atoms with van der Waals surface area (Å²) in [7, 11) is 4.85. The number of nitrogens with zero attached hydrogens (tertiary/aromatic N) is 1. The molecule has 0 aromatic heterocycles. The lowest BCUT2D eigenvalue weighted by molar-refractivity contribution is 0.324. The van der Waals surface area contributed by atoms with Crippen LogP contribution in [0.4, 0.5) is 0 Å². The van der Waals surface area contributed by atoms with Crippen molar-refractivity contribution in [3.8, 4) is 17.2 Å². The first-order valence-electron chi connectivity index (χ1n) is 9.00. The highest BCUT2D eigenvalue weighted by molar-refractivity contribution is 5.80. The summed E-state index contributed by atoms with van der Waals surface area (Å²) in [6, 6.07) is 4.43. The molecule has 6 heteroatoms. The molecule has 2 N–H and O–H groups in total. The Balaban J connectivity index is 2.08. The Morgan fingerprint density at radius 1 is 1.12 bits per heavy atom. The summed E-state index contributed by atoms with van der Waals surface area (Å²) in [4.78, 5) is 4.71. The Labute approximate surface area is 151 Å². The average molecular weight is 349 g/mol. The number of hydrogen-bond donors (Lipinski definition) is 2. The van der Waals surface area contributed by atoms with Gasteiger partial charge in [-0.25, -0.2) is 4.99 Å². The van der Waals surface area contributed by atoms with Crippen molar-refractivity contribution in [1.82, 2.24) is 10.6 Å². The van der Waals surface area contributed by atoms with Crippen LogP contribution in [-0.4, -0.2) is 39.9 Å². The van der Waals surface area contributed by atoms with Gasteiger partial charge >= 0.3 is 0 Å². The first kappa shape index (κ1) is 19.2. The minimum atomic E-state index is 0.539. The molecule has 2 rings (SSSR count). The number of ether oxygens (including phenoxy) is 3. The zero-order valence-corrected chi connectivity index (χ0v) is 16.0. The molecular weight excluding hydrogens is 318 g/mol. The van der Waals surface area contributed by atoms with Crippen LogP contribution in [0.25, 0.3) is 0 Å². The zero-order chi connectivity index (χ0) is 18.2. The van der Waals surface area contributed by atoms with Crippen LogP contribution in [-0.2, 0) is 6.54 Å². The van der Waals surface area contributed by atoms with Gasteiger partial charge in [-0.15, -0.1) is 0 Å². The molecule has 2 unspecified atom stereocenters. The number of methoxy groups -OCH3 is 3. The molecule has 140 valence electrons. The lowest BCUT2D eigenvalue weighted by Gasteiger charge is -2.14. The maximum absolute atomic E-state index is 5.40. The number of aliphatic imine (C=N–C) groups is 1. The van der Waals surface area contributed by atoms with E-state index in [0.717, 1.165) is 24.0 Å². The van der Waals surface area contributed by atoms with Gasteiger partial charge < -0.3 is 24.8 Å². The molecule has 0 heterocycles. The molecule has 1 aliphatic carbocycles. The normalized spacial score (nSPS) is 19.3. The molecule has 0 amide bonds. The predicted octanol–water partition coefficient (Wildman–Crippen LogP) is 2.96. The van der Waals surface area contributed by atoms with Gasteiger partial charge in [-0.1, -0.05) is 13.3 Å². The van der Waals surface area contributed by atoms with E-state index in [-0.39, 0.29) is 0 Å². The predicted molar refractivity (Wildman–Crippen MR) is 101 cm³/mol. The quantitative estimate of drug-likeness (QED) is 0.530. The van der Waals surface area contributed by atoms with Crippen molar-refractivity contribution in [3.05, 3.63) is 17.7 Å². The largest absolute Gasteiger partial charge is 0.493 e. The van der Waals surface area contributed by atoms with Gasteiger partial charge in [0.2, 0.25) is 5.75 Å². The summed E-state index contributed by atoms with van der Waals surface area (Å²) >= 11 is 0. The van der Waals surface area contributed by atoms with Crippen molar-refractivity contribution in [1.29, 1.82) is 0 Å². The summed E-state index contributed by atoms with van der Waals surface area (Å²) in [5, 5.41) is 6.85. The fraction of sp³-hybridized carbons (Fsp3) is 0.632. The molecule has 0 spiro atoms. The summed E-state index contributed by atoms with van der Waals surface area (Å²) in [6.45, 7) is 5.69. The molecule has 1 fully saturated rings. The van der Waals surface area contributed by atoms with Gasteiger partial charge in [0, 0.05) is 12.6 Å². The Hall–Kier alpha value is -2.11. The van der Waals surface area contributed by atoms with Crippen LogP contribution in [0.2, 0.25) is 0 Å². The summed E-state index contributed by atoms with van der Waals surface area (Å²) in [5.41, 5.74) is 1.01. The van der Waals surface area contributed by atoms with E-state index in [1.807, 2.05) is 12.1 Å². The second-order valence-electron chi connectivity index (χ2n) is 6.26. The topological polar surface area (TPSA) is 64.1 Å². The smallest absolute Gasteiger partial charge is 0.203 e. The summed E-state index contributed by atoms with van der Waals surface area (Å²) in [6.07, 6.45) is 3.76. The fourth-order valence-electron chi connectivity index (χ4n) is 3.01. The SMILES string of the molecule is CCCC1CC1NC(=NCc1cc(OC)c(OC)c(OC)c1)NCC. The maximum Gasteiger partial charge on any atom is 0.203 e. The van der Waals surface area contributed by atoms with Crippen molar-refractivity contribution < 1.29 is 14.2 Å². The van der Waals surface area contributed by atoms with Gasteiger partial charge in [0.25, 0.3) is 0 Å². The van der Waals surface area contributed by atoms with Gasteiger partial charge in [0.15, 0.2) is 17.5 Å². The van der Waals surface area contributed by atoms with Crippen molar-refractivity contribution in [3.63, 3.8) is 0 Å². The first-order valence-corrected chi connectivity index (χ1v) is 9.00. The van der Waals surface area contributed by atoms with Crippen LogP contribution in [0.15, 0.2) is 17.1 Å². The standard InChI is InChI=1S/C19H31N3O3/c1-6-8-14-11-15(14)22-19(20-7-2)21-12-13-9-16(23-3)18(25-5)17(10-13)24-4/h9-10,14-15H,6-8,11-12H2,1-5H3,(H2,20,21,22). The third-order valence-electron chi connectivity index (χ3n) is 4.39. The van der Waals surface area contributed by atoms with Gasteiger partial charge in [-0.2, -0.15) is 0 Å². The molecular formula is C19H31N3O3. The Bertz CT molecular complexity index is 564. The van der Waals surface area contributed by atoms with E-state index in [1.54, 1.807) is 21.3 Å². The second kappa shape index (κ2) is 9.39. The molecule has 6 nitrogen and oxygen atoms in total. The first-order chi connectivity index (χ1) is 12.2. The number of hydrogen-bond acceptors (Lipinski definition) is 4. The van der Waals surface area contributed by atoms with E-state index in [1.165, 1.54) is 19.3 Å². The monoisotopic (exact) mass is 349 g/mol. The molecule has 25 heavy (non-hydrogen) atoms. The van der Waals surface area contributed by atoms with E-state index in [2.05, 4.69) is 24.5 Å². The third kappa shape index (κ3) is 5.18. The molecule has 0 radical (unpaired) electrons. The molecule has 1 aromatic rings. The van der Waals surface area contributed by atoms with E-state index in [9.17, 15) is 0 Å². The summed E-state index contributed by atoms with van der Waals surface area (Å²) < 4.78 is 16.2. The Morgan fingerprint density at radius 2 is 1.80 bits per heavy atom. The van der Waals surface area contributed by atoms with Crippen LogP contribution in [0.3, 0.4) is 0 Å². The van der Waals surface area contributed by atoms with E-state index >= 15 is 0 Å². The highest BCUT2D eigenvalue weighted by Crippen LogP contribution is 2.38. The van der Waals surface area contributed by atoms with Crippen LogP contribution in [0.5, 0.6) is 17.2 Å². The number of guanidine groups is 1. The van der Waals surface area contributed by atoms with Crippen molar-refractivity contribution in [2.24, 2.45) is 10.9 Å². The Morgan fingerprint density at radius 3 is 2.32 bits per heavy atom. The number of nitrogens with one attached hydrogen (secondary N) is 2. The van der Waals surface area contributed by atoms with Crippen molar-refractivity contribution in [2.75, 3.05) is 27.9 Å². The van der Waals surface area contributed by atoms with Crippen LogP contribution >= 0.6 is 0 Å². The van der Waals surface area contributed by atoms with E-state index < -0.39 is 0 Å². The van der Waals surface area contributed by atoms with Crippen LogP contribution < -0.4 is 24.8 Å². The van der Waals surface area contributed by atoms with E-state index in [4.69, 9.17) is 19.2 Å². The molecule has 0 bridgehead atoms. The molecule has 1 aromatic carbocycles. The lowest BCUT2D eigenvalue weighted by Crippen LogP contribution is -2.39. The Kier molecular flexibility index (Phi) is 7.22. The minimum absolute atomic E-state index is 0.539. The number of benzene rings is 1. The van der Waals surface area contributed by atoms with Crippen molar-refractivity contribution >= 4 is 5.96 Å². The lowest BCUT2D eigenvalue weighted by atomic mass is 10.2. The highest BCUT2D eigenvalue weighted by Gasteiger charge is 2.36. The van der Waals surface area contributed by atoms with Crippen LogP contribution in [0.1, 0.15) is 38.7 Å². The highest BCUT2D eigenvalue weighted by atomic mass is 16.5. The zero-order valence-electron chi connectivity index (χ0n) is 16.0. The van der Waals surface area contributed by atoms with Gasteiger partial charge in [-0.05, 0) is 43.4 Å². The second-order valence-corrected chi connectivity index (χ2v) is 6.26. The van der Waals surface area contributed by atoms with Gasteiger partial charge in [0.05, 0.1) is 27.9 Å². The van der Waals surface area contributed by atoms with Crippen LogP contribution in [0, 0.1) is 5.92 Å². The van der Waals surface area contributed by atoms with Gasteiger partial charge in [0.1, 0.15) is 0 Å². The van der Waals surface area contributed by atoms with Crippen molar-refractivity contribution in [2.45, 2.75) is 45.7 Å². The maximum atomic E-state index is 5.40.